The second kappa shape index (κ2) is 11.3. The standard InChI is InChI=1S/C12H22O10S2/c1-19-23(15,16)9-21-11(13)7-5-3-4-6-8-12(14)22-10-24(17,18)20-2/h3-10H2,1-2H3. The topological polar surface area (TPSA) is 139 Å². The molecule has 0 bridgehead atoms. The molecule has 0 radical (unpaired) electrons. The number of carbonyl (C=O) groups excluding carboxylic acids is 2. The molecule has 0 aliphatic heterocycles. The van der Waals surface area contributed by atoms with Crippen LogP contribution < -0.4 is 0 Å². The normalized spacial score (nSPS) is 11.9. The van der Waals surface area contributed by atoms with Gasteiger partial charge in [0.2, 0.25) is 11.9 Å². The van der Waals surface area contributed by atoms with Gasteiger partial charge in [0, 0.05) is 12.8 Å². The molecule has 0 rings (SSSR count). The smallest absolute Gasteiger partial charge is 0.306 e. The van der Waals surface area contributed by atoms with Gasteiger partial charge in [-0.1, -0.05) is 12.8 Å². The average molecular weight is 390 g/mol. The Morgan fingerprint density at radius 2 is 1.00 bits per heavy atom. The van der Waals surface area contributed by atoms with Crippen molar-refractivity contribution in [3.63, 3.8) is 0 Å². The summed E-state index contributed by atoms with van der Waals surface area (Å²) in [6.45, 7) is 0. The predicted octanol–water partition coefficient (Wildman–Crippen LogP) is 0.281. The highest BCUT2D eigenvalue weighted by Gasteiger charge is 2.13. The predicted molar refractivity (Wildman–Crippen MR) is 81.5 cm³/mol. The first kappa shape index (κ1) is 22.8. The van der Waals surface area contributed by atoms with Gasteiger partial charge in [-0.15, -0.1) is 0 Å². The first-order valence-corrected chi connectivity index (χ1v) is 10.1. The fourth-order valence-corrected chi connectivity index (χ4v) is 2.15. The zero-order chi connectivity index (χ0) is 18.6. The molecule has 12 heteroatoms. The fraction of sp³-hybridized carbons (Fsp3) is 0.833. The number of ether oxygens (including phenoxy) is 2. The molecule has 0 aromatic carbocycles. The third-order valence-electron chi connectivity index (χ3n) is 2.75. The first-order chi connectivity index (χ1) is 11.1. The van der Waals surface area contributed by atoms with Crippen molar-refractivity contribution in [1.29, 1.82) is 0 Å². The summed E-state index contributed by atoms with van der Waals surface area (Å²) in [5, 5.41) is 0. The van der Waals surface area contributed by atoms with Gasteiger partial charge in [0.25, 0.3) is 0 Å². The molecule has 0 saturated heterocycles. The van der Waals surface area contributed by atoms with Gasteiger partial charge in [0.1, 0.15) is 0 Å². The van der Waals surface area contributed by atoms with E-state index < -0.39 is 44.1 Å². The summed E-state index contributed by atoms with van der Waals surface area (Å²) in [7, 11) is -5.71. The molecule has 0 fully saturated rings. The molecule has 0 unspecified atom stereocenters. The van der Waals surface area contributed by atoms with Crippen LogP contribution in [0.2, 0.25) is 0 Å². The van der Waals surface area contributed by atoms with Crippen LogP contribution in [0, 0.1) is 0 Å². The van der Waals surface area contributed by atoms with Crippen molar-refractivity contribution >= 4 is 32.2 Å². The molecular weight excluding hydrogens is 368 g/mol. The van der Waals surface area contributed by atoms with Gasteiger partial charge < -0.3 is 9.47 Å². The van der Waals surface area contributed by atoms with Gasteiger partial charge in [0.05, 0.1) is 14.2 Å². The molecule has 0 spiro atoms. The lowest BCUT2D eigenvalue weighted by atomic mass is 10.1. The largest absolute Gasteiger partial charge is 0.447 e. The van der Waals surface area contributed by atoms with Crippen LogP contribution in [0.1, 0.15) is 38.5 Å². The Kier molecular flexibility index (Phi) is 10.8. The van der Waals surface area contributed by atoms with Crippen LogP contribution in [0.5, 0.6) is 0 Å². The summed E-state index contributed by atoms with van der Waals surface area (Å²) in [5.41, 5.74) is 0. The van der Waals surface area contributed by atoms with Crippen molar-refractivity contribution < 1.29 is 44.3 Å². The van der Waals surface area contributed by atoms with E-state index in [1.165, 1.54) is 0 Å². The Bertz CT molecular complexity index is 539. The number of hydrogen-bond acceptors (Lipinski definition) is 10. The summed E-state index contributed by atoms with van der Waals surface area (Å²) in [6, 6.07) is 0. The van der Waals surface area contributed by atoms with Gasteiger partial charge in [-0.25, -0.2) is 0 Å². The summed E-state index contributed by atoms with van der Waals surface area (Å²) < 4.78 is 61.0. The van der Waals surface area contributed by atoms with E-state index in [-0.39, 0.29) is 12.8 Å². The first-order valence-electron chi connectivity index (χ1n) is 6.99. The van der Waals surface area contributed by atoms with Crippen molar-refractivity contribution in [1.82, 2.24) is 0 Å². The molecule has 0 heterocycles. The minimum absolute atomic E-state index is 0.0514. The van der Waals surface area contributed by atoms with Gasteiger partial charge in [0.15, 0.2) is 0 Å². The third-order valence-corrected chi connectivity index (χ3v) is 4.58. The quantitative estimate of drug-likeness (QED) is 0.245. The van der Waals surface area contributed by atoms with Gasteiger partial charge in [-0.05, 0) is 12.8 Å². The molecule has 0 amide bonds. The Morgan fingerprint density at radius 3 is 1.29 bits per heavy atom. The van der Waals surface area contributed by atoms with Crippen molar-refractivity contribution in [3.05, 3.63) is 0 Å². The van der Waals surface area contributed by atoms with Gasteiger partial charge in [-0.3, -0.25) is 18.0 Å². The number of hydrogen-bond donors (Lipinski definition) is 0. The zero-order valence-electron chi connectivity index (χ0n) is 13.6. The third kappa shape index (κ3) is 12.2. The second-order valence-electron chi connectivity index (χ2n) is 4.63. The van der Waals surface area contributed by atoms with Crippen LogP contribution in [0.25, 0.3) is 0 Å². The van der Waals surface area contributed by atoms with Crippen molar-refractivity contribution in [2.75, 3.05) is 26.1 Å². The molecule has 0 saturated carbocycles. The van der Waals surface area contributed by atoms with Crippen LogP contribution in [-0.2, 0) is 47.7 Å². The van der Waals surface area contributed by atoms with Crippen molar-refractivity contribution in [2.24, 2.45) is 0 Å². The molecule has 10 nitrogen and oxygen atoms in total. The lowest BCUT2D eigenvalue weighted by Gasteiger charge is -2.05. The fourth-order valence-electron chi connectivity index (χ4n) is 1.41. The lowest BCUT2D eigenvalue weighted by molar-refractivity contribution is -0.143. The minimum Gasteiger partial charge on any atom is -0.447 e. The molecule has 0 aromatic rings. The van der Waals surface area contributed by atoms with Crippen LogP contribution in [-0.4, -0.2) is 54.9 Å². The van der Waals surface area contributed by atoms with Crippen LogP contribution in [0.4, 0.5) is 0 Å². The Morgan fingerprint density at radius 1 is 0.667 bits per heavy atom. The van der Waals surface area contributed by atoms with Crippen molar-refractivity contribution in [2.45, 2.75) is 38.5 Å². The maximum Gasteiger partial charge on any atom is 0.306 e. The van der Waals surface area contributed by atoms with Gasteiger partial charge >= 0.3 is 32.2 Å². The van der Waals surface area contributed by atoms with E-state index in [0.717, 1.165) is 14.2 Å². The number of rotatable bonds is 13. The number of unbranched alkanes of at least 4 members (excludes halogenated alkanes) is 3. The molecule has 0 N–H and O–H groups in total. The highest BCUT2D eigenvalue weighted by molar-refractivity contribution is 7.86. The monoisotopic (exact) mass is 390 g/mol. The summed E-state index contributed by atoms with van der Waals surface area (Å²) in [6.07, 6.45) is 2.29. The SMILES string of the molecule is COS(=O)(=O)COC(=O)CCCCCCC(=O)OCS(=O)(=O)OC. The van der Waals surface area contributed by atoms with Crippen LogP contribution >= 0.6 is 0 Å². The van der Waals surface area contributed by atoms with Crippen molar-refractivity contribution in [3.8, 4) is 0 Å². The molecular formula is C12H22O10S2. The summed E-state index contributed by atoms with van der Waals surface area (Å²) in [4.78, 5) is 22.5. The molecule has 24 heavy (non-hydrogen) atoms. The van der Waals surface area contributed by atoms with E-state index in [0.29, 0.717) is 25.7 Å². The van der Waals surface area contributed by atoms with E-state index in [1.807, 2.05) is 0 Å². The Labute approximate surface area is 141 Å². The highest BCUT2D eigenvalue weighted by atomic mass is 32.2. The molecule has 0 atom stereocenters. The minimum atomic E-state index is -3.83. The van der Waals surface area contributed by atoms with E-state index in [4.69, 9.17) is 0 Å². The highest BCUT2D eigenvalue weighted by Crippen LogP contribution is 2.08. The number of esters is 2. The molecule has 142 valence electrons. The summed E-state index contributed by atoms with van der Waals surface area (Å²) >= 11 is 0. The lowest BCUT2D eigenvalue weighted by Crippen LogP contribution is -2.15. The van der Waals surface area contributed by atoms with Crippen LogP contribution in [0.3, 0.4) is 0 Å². The maximum absolute atomic E-state index is 11.3. The maximum atomic E-state index is 11.3. The number of carbonyl (C=O) groups is 2. The van der Waals surface area contributed by atoms with E-state index in [2.05, 4.69) is 17.8 Å². The molecule has 0 aliphatic rings. The van der Waals surface area contributed by atoms with E-state index in [1.54, 1.807) is 0 Å². The Balaban J connectivity index is 3.66. The Hall–Kier alpha value is -1.24. The molecule has 0 aliphatic carbocycles. The molecule has 0 aromatic heterocycles. The summed E-state index contributed by atoms with van der Waals surface area (Å²) in [5.74, 6) is -2.95. The zero-order valence-corrected chi connectivity index (χ0v) is 15.2. The average Bonchev–Trinajstić information content (AvgIpc) is 2.54. The second-order valence-corrected chi connectivity index (χ2v) is 8.00. The van der Waals surface area contributed by atoms with E-state index >= 15 is 0 Å². The van der Waals surface area contributed by atoms with E-state index in [9.17, 15) is 26.4 Å². The van der Waals surface area contributed by atoms with Crippen LogP contribution in [0.15, 0.2) is 0 Å². The van der Waals surface area contributed by atoms with Gasteiger partial charge in [-0.2, -0.15) is 16.8 Å².